The molecule has 1 amide bonds. The van der Waals surface area contributed by atoms with Gasteiger partial charge in [0.2, 0.25) is 0 Å². The van der Waals surface area contributed by atoms with E-state index in [0.29, 0.717) is 27.6 Å². The molecule has 4 aromatic rings. The maximum absolute atomic E-state index is 13.5. The monoisotopic (exact) mass is 534 g/mol. The number of aromatic nitrogens is 3. The Labute approximate surface area is 220 Å². The largest absolute Gasteiger partial charge is 0.434 e. The lowest BCUT2D eigenvalue weighted by Crippen LogP contribution is -2.53. The van der Waals surface area contributed by atoms with Gasteiger partial charge in [-0.2, -0.15) is 13.9 Å². The second kappa shape index (κ2) is 8.28. The van der Waals surface area contributed by atoms with Crippen LogP contribution in [0.2, 0.25) is 0 Å². The molecule has 3 aromatic heterocycles. The molecule has 3 N–H and O–H groups in total. The predicted octanol–water partition coefficient (Wildman–Crippen LogP) is 3.67. The van der Waals surface area contributed by atoms with E-state index in [1.807, 2.05) is 18.3 Å². The highest BCUT2D eigenvalue weighted by atomic mass is 19.3. The van der Waals surface area contributed by atoms with Crippen molar-refractivity contribution in [1.82, 2.24) is 19.5 Å². The number of hydrogen-bond donors (Lipinski definition) is 3. The summed E-state index contributed by atoms with van der Waals surface area (Å²) >= 11 is 0. The molecule has 2 aliphatic carbocycles. The maximum Gasteiger partial charge on any atom is 0.387 e. The molecule has 1 aromatic carbocycles. The van der Waals surface area contributed by atoms with Crippen molar-refractivity contribution in [3.05, 3.63) is 82.4 Å². The normalized spacial score (nSPS) is 21.8. The van der Waals surface area contributed by atoms with Gasteiger partial charge >= 0.3 is 12.7 Å². The van der Waals surface area contributed by atoms with E-state index in [2.05, 4.69) is 18.1 Å². The molecular weight excluding hydrogens is 510 g/mol. The first-order chi connectivity index (χ1) is 18.6. The molecule has 1 aliphatic heterocycles. The number of rotatable bonds is 4. The van der Waals surface area contributed by atoms with Crippen LogP contribution < -0.4 is 4.74 Å². The molecule has 3 aliphatic rings. The molecule has 2 bridgehead atoms. The number of alkyl halides is 2. The molecular formula is C28H24F2N4O5. The smallest absolute Gasteiger partial charge is 0.387 e. The number of amides is 1. The van der Waals surface area contributed by atoms with Crippen LogP contribution in [0.3, 0.4) is 0 Å². The van der Waals surface area contributed by atoms with E-state index in [9.17, 15) is 28.9 Å². The number of aliphatic hydroxyl groups is 3. The third kappa shape index (κ3) is 3.57. The van der Waals surface area contributed by atoms with E-state index >= 15 is 0 Å². The lowest BCUT2D eigenvalue weighted by molar-refractivity contribution is -0.385. The molecule has 0 saturated carbocycles. The topological polar surface area (TPSA) is 120 Å². The first kappa shape index (κ1) is 24.1. The zero-order valence-corrected chi connectivity index (χ0v) is 20.8. The summed E-state index contributed by atoms with van der Waals surface area (Å²) in [6, 6.07) is 9.03. The highest BCUT2D eigenvalue weighted by Gasteiger charge is 2.52. The molecule has 0 saturated heterocycles. The zero-order valence-electron chi connectivity index (χ0n) is 20.8. The molecule has 9 nitrogen and oxygen atoms in total. The number of benzene rings is 1. The van der Waals surface area contributed by atoms with Crippen LogP contribution in [0.15, 0.2) is 48.8 Å². The zero-order chi connectivity index (χ0) is 27.2. The molecule has 200 valence electrons. The van der Waals surface area contributed by atoms with E-state index in [-0.39, 0.29) is 23.3 Å². The van der Waals surface area contributed by atoms with Gasteiger partial charge in [0.05, 0.1) is 17.3 Å². The third-order valence-electron chi connectivity index (χ3n) is 8.19. The van der Waals surface area contributed by atoms with Crippen LogP contribution in [-0.2, 0) is 6.42 Å². The second-order valence-corrected chi connectivity index (χ2v) is 10.4. The molecule has 4 heterocycles. The quantitative estimate of drug-likeness (QED) is 0.342. The van der Waals surface area contributed by atoms with Crippen molar-refractivity contribution < 1.29 is 33.6 Å². The molecule has 11 heteroatoms. The Morgan fingerprint density at radius 2 is 1.92 bits per heavy atom. The lowest BCUT2D eigenvalue weighted by Gasteiger charge is -2.34. The fourth-order valence-corrected chi connectivity index (χ4v) is 6.54. The molecule has 7 rings (SSSR count). The SMILES string of the molecule is CC1CCc2cc(-c3ccn4nc5c(c4c3)C3CC5N(C(O)(O)O)C(=O)c4cccc(OC(F)F)c43)cnc21. The van der Waals surface area contributed by atoms with Gasteiger partial charge in [-0.1, -0.05) is 13.0 Å². The Balaban J connectivity index is 1.44. The average molecular weight is 535 g/mol. The Morgan fingerprint density at radius 1 is 1.10 bits per heavy atom. The van der Waals surface area contributed by atoms with Gasteiger partial charge in [0.15, 0.2) is 0 Å². The van der Waals surface area contributed by atoms with Gasteiger partial charge in [-0.15, -0.1) is 0 Å². The Hall–Kier alpha value is -3.93. The van der Waals surface area contributed by atoms with Gasteiger partial charge in [-0.3, -0.25) is 14.7 Å². The number of halogens is 2. The molecule has 0 fully saturated rings. The number of carbonyl (C=O) groups excluding carboxylic acids is 1. The predicted molar refractivity (Wildman–Crippen MR) is 133 cm³/mol. The van der Waals surface area contributed by atoms with Crippen LogP contribution in [0.5, 0.6) is 5.75 Å². The van der Waals surface area contributed by atoms with E-state index in [1.165, 1.54) is 23.8 Å². The van der Waals surface area contributed by atoms with Crippen molar-refractivity contribution in [2.24, 2.45) is 0 Å². The molecule has 0 spiro atoms. The summed E-state index contributed by atoms with van der Waals surface area (Å²) in [4.78, 5) is 18.7. The Morgan fingerprint density at radius 3 is 2.69 bits per heavy atom. The van der Waals surface area contributed by atoms with Crippen molar-refractivity contribution in [2.75, 3.05) is 0 Å². The van der Waals surface area contributed by atoms with Gasteiger partial charge in [-0.05, 0) is 66.6 Å². The highest BCUT2D eigenvalue weighted by molar-refractivity contribution is 5.98. The number of nitrogens with zero attached hydrogens (tertiary/aromatic N) is 4. The van der Waals surface area contributed by atoms with Gasteiger partial charge in [0.25, 0.3) is 5.91 Å². The summed E-state index contributed by atoms with van der Waals surface area (Å²) in [6.07, 6.45) is 2.19. The summed E-state index contributed by atoms with van der Waals surface area (Å²) in [5, 5.41) is 35.3. The van der Waals surface area contributed by atoms with Crippen LogP contribution in [0, 0.1) is 0 Å². The lowest BCUT2D eigenvalue weighted by atomic mass is 9.88. The van der Waals surface area contributed by atoms with Crippen molar-refractivity contribution in [3.8, 4) is 16.9 Å². The number of fused-ring (bicyclic) bond motifs is 10. The van der Waals surface area contributed by atoms with Gasteiger partial charge in [-0.25, -0.2) is 4.52 Å². The summed E-state index contributed by atoms with van der Waals surface area (Å²) in [5.74, 6) is -1.35. The van der Waals surface area contributed by atoms with Crippen LogP contribution in [0.25, 0.3) is 16.6 Å². The third-order valence-corrected chi connectivity index (χ3v) is 8.19. The molecule has 3 unspecified atom stereocenters. The van der Waals surface area contributed by atoms with Crippen LogP contribution in [0.1, 0.15) is 76.1 Å². The number of aryl methyl sites for hydroxylation is 1. The first-order valence-corrected chi connectivity index (χ1v) is 12.7. The minimum atomic E-state index is -3.51. The summed E-state index contributed by atoms with van der Waals surface area (Å²) < 4.78 is 33.2. The molecule has 3 atom stereocenters. The van der Waals surface area contributed by atoms with E-state index in [4.69, 9.17) is 9.72 Å². The maximum atomic E-state index is 13.5. The minimum absolute atomic E-state index is 0.0692. The van der Waals surface area contributed by atoms with Crippen molar-refractivity contribution in [2.45, 2.75) is 56.8 Å². The van der Waals surface area contributed by atoms with Gasteiger partial charge < -0.3 is 20.1 Å². The fraction of sp³-hybridized carbons (Fsp3) is 0.321. The number of carbonyl (C=O) groups is 1. The van der Waals surface area contributed by atoms with E-state index in [1.54, 1.807) is 10.7 Å². The van der Waals surface area contributed by atoms with Crippen LogP contribution >= 0.6 is 0 Å². The van der Waals surface area contributed by atoms with E-state index in [0.717, 1.165) is 29.7 Å². The Kier molecular flexibility index (Phi) is 5.13. The fourth-order valence-electron chi connectivity index (χ4n) is 6.54. The average Bonchev–Trinajstić information content (AvgIpc) is 3.52. The second-order valence-electron chi connectivity index (χ2n) is 10.4. The van der Waals surface area contributed by atoms with Gasteiger partial charge in [0.1, 0.15) is 5.75 Å². The Bertz CT molecular complexity index is 1660. The van der Waals surface area contributed by atoms with Crippen molar-refractivity contribution in [1.29, 1.82) is 0 Å². The first-order valence-electron chi connectivity index (χ1n) is 12.7. The van der Waals surface area contributed by atoms with Crippen molar-refractivity contribution >= 4 is 11.4 Å². The minimum Gasteiger partial charge on any atom is -0.434 e. The molecule has 39 heavy (non-hydrogen) atoms. The molecule has 0 radical (unpaired) electrons. The van der Waals surface area contributed by atoms with Crippen LogP contribution in [0.4, 0.5) is 8.78 Å². The number of pyridine rings is 2. The van der Waals surface area contributed by atoms with Gasteiger partial charge in [0, 0.05) is 46.3 Å². The van der Waals surface area contributed by atoms with E-state index < -0.39 is 30.6 Å². The summed E-state index contributed by atoms with van der Waals surface area (Å²) in [7, 11) is 0. The summed E-state index contributed by atoms with van der Waals surface area (Å²) in [6.45, 7) is -0.973. The highest BCUT2D eigenvalue weighted by Crippen LogP contribution is 2.54. The summed E-state index contributed by atoms with van der Waals surface area (Å²) in [5.41, 5.74) is 5.89. The number of ether oxygens (including phenoxy) is 1. The standard InChI is InChI=1S/C28H24F2N4O5/c1-13-5-6-15-9-16(12-31-24(13)15)14-7-8-33-19(10-14)23-18-11-20(25(23)32-33)34(28(36,37)38)26(35)17-3-2-4-21(22(17)18)39-27(29)30/h2-4,7-10,12-13,18,20,27,36-38H,5-6,11H2,1H3. The number of hydrogen-bond acceptors (Lipinski definition) is 7. The van der Waals surface area contributed by atoms with Crippen LogP contribution in [-0.4, -0.2) is 53.4 Å². The van der Waals surface area contributed by atoms with Crippen molar-refractivity contribution in [3.63, 3.8) is 0 Å².